The summed E-state index contributed by atoms with van der Waals surface area (Å²) >= 11 is 6.72. The van der Waals surface area contributed by atoms with Crippen LogP contribution in [0.15, 0.2) is 65.6 Å². The van der Waals surface area contributed by atoms with Gasteiger partial charge in [0.05, 0.1) is 38.0 Å². The summed E-state index contributed by atoms with van der Waals surface area (Å²) in [6, 6.07) is 13.2. The van der Waals surface area contributed by atoms with Crippen LogP contribution in [0.5, 0.6) is 11.5 Å². The third-order valence-corrected chi connectivity index (χ3v) is 7.35. The van der Waals surface area contributed by atoms with Crippen LogP contribution in [0.25, 0.3) is 6.08 Å². The van der Waals surface area contributed by atoms with Gasteiger partial charge < -0.3 is 14.8 Å². The van der Waals surface area contributed by atoms with Crippen molar-refractivity contribution in [2.24, 2.45) is 0 Å². The Morgan fingerprint density at radius 3 is 2.53 bits per heavy atom. The minimum atomic E-state index is -0.813. The Morgan fingerprint density at radius 1 is 1.04 bits per heavy atom. The van der Waals surface area contributed by atoms with Gasteiger partial charge in [0.25, 0.3) is 16.8 Å². The predicted molar refractivity (Wildman–Crippen MR) is 164 cm³/mol. The van der Waals surface area contributed by atoms with Gasteiger partial charge in [-0.15, -0.1) is 0 Å². The number of non-ortho nitro benzene ring substituents is 1. The fourth-order valence-corrected chi connectivity index (χ4v) is 4.95. The molecule has 3 aromatic carbocycles. The summed E-state index contributed by atoms with van der Waals surface area (Å²) in [7, 11) is 0. The van der Waals surface area contributed by atoms with Crippen LogP contribution in [0.3, 0.4) is 0 Å². The molecule has 1 fully saturated rings. The molecule has 0 saturated carbocycles. The number of carbonyl (C=O) groups is 4. The third kappa shape index (κ3) is 8.21. The van der Waals surface area contributed by atoms with Crippen LogP contribution in [-0.2, 0) is 14.3 Å². The smallest absolute Gasteiger partial charge is 0.339 e. The monoisotopic (exact) mass is 654 g/mol. The van der Waals surface area contributed by atoms with Crippen molar-refractivity contribution in [2.45, 2.75) is 19.8 Å². The molecule has 3 aromatic rings. The molecule has 0 atom stereocenters. The first-order valence-electron chi connectivity index (χ1n) is 13.2. The second kappa shape index (κ2) is 14.5. The Balaban J connectivity index is 1.44. The maximum atomic E-state index is 13.0. The normalized spacial score (nSPS) is 13.6. The van der Waals surface area contributed by atoms with Gasteiger partial charge in [-0.25, -0.2) is 4.79 Å². The van der Waals surface area contributed by atoms with Gasteiger partial charge in [0.1, 0.15) is 12.3 Å². The minimum Gasteiger partial charge on any atom is -0.462 e. The minimum absolute atomic E-state index is 0.00914. The standard InChI is InChI=1S/C29H23ClN4O10S/c1-2-3-11-43-28(37)21-14-18(7-9-22(21)30)31-26(35)16-32-27(36)25(45-29(32)38)13-17-5-4-6-20(12-17)44-24-10-8-19(33(39)40)15-23(24)34(41)42/h4-10,12-15H,2-3,11,16H2,1H3,(H,31,35)/b25-13+. The second-order valence-corrected chi connectivity index (χ2v) is 10.7. The van der Waals surface area contributed by atoms with Crippen molar-refractivity contribution in [3.8, 4) is 11.5 Å². The fourth-order valence-electron chi connectivity index (χ4n) is 3.92. The van der Waals surface area contributed by atoms with Crippen molar-refractivity contribution in [1.82, 2.24) is 4.90 Å². The number of amides is 3. The Labute approximate surface area is 264 Å². The molecular weight excluding hydrogens is 632 g/mol. The largest absolute Gasteiger partial charge is 0.462 e. The predicted octanol–water partition coefficient (Wildman–Crippen LogP) is 6.58. The van der Waals surface area contributed by atoms with Crippen molar-refractivity contribution in [2.75, 3.05) is 18.5 Å². The highest BCUT2D eigenvalue weighted by Crippen LogP contribution is 2.36. The summed E-state index contributed by atoms with van der Waals surface area (Å²) in [5.74, 6) is -2.20. The van der Waals surface area contributed by atoms with Crippen LogP contribution in [0.2, 0.25) is 5.02 Å². The molecule has 0 aromatic heterocycles. The lowest BCUT2D eigenvalue weighted by atomic mass is 10.2. The van der Waals surface area contributed by atoms with Gasteiger partial charge in [0.15, 0.2) is 0 Å². The zero-order valence-electron chi connectivity index (χ0n) is 23.4. The number of nitro groups is 2. The number of hydrogen-bond acceptors (Lipinski definition) is 11. The van der Waals surface area contributed by atoms with E-state index in [0.717, 1.165) is 29.5 Å². The van der Waals surface area contributed by atoms with E-state index in [1.807, 2.05) is 6.92 Å². The molecule has 14 nitrogen and oxygen atoms in total. The molecule has 45 heavy (non-hydrogen) atoms. The first-order valence-corrected chi connectivity index (χ1v) is 14.4. The molecule has 0 bridgehead atoms. The zero-order chi connectivity index (χ0) is 32.7. The van der Waals surface area contributed by atoms with E-state index in [9.17, 15) is 39.4 Å². The maximum absolute atomic E-state index is 13.0. The third-order valence-electron chi connectivity index (χ3n) is 6.11. The summed E-state index contributed by atoms with van der Waals surface area (Å²) in [6.45, 7) is 1.56. The highest BCUT2D eigenvalue weighted by Gasteiger charge is 2.36. The average Bonchev–Trinajstić information content (AvgIpc) is 3.25. The Kier molecular flexibility index (Phi) is 10.5. The van der Waals surface area contributed by atoms with Crippen LogP contribution in [0.1, 0.15) is 35.7 Å². The molecule has 4 rings (SSSR count). The van der Waals surface area contributed by atoms with Crippen LogP contribution in [0, 0.1) is 20.2 Å². The molecular formula is C29H23ClN4O10S. The number of nitrogens with one attached hydrogen (secondary N) is 1. The lowest BCUT2D eigenvalue weighted by molar-refractivity contribution is -0.394. The van der Waals surface area contributed by atoms with Gasteiger partial charge >= 0.3 is 11.7 Å². The molecule has 1 heterocycles. The molecule has 1 saturated heterocycles. The zero-order valence-corrected chi connectivity index (χ0v) is 25.0. The van der Waals surface area contributed by atoms with E-state index in [1.165, 1.54) is 42.5 Å². The van der Waals surface area contributed by atoms with Crippen LogP contribution in [-0.4, -0.2) is 50.9 Å². The Hall–Kier alpha value is -5.28. The van der Waals surface area contributed by atoms with Gasteiger partial charge in [0, 0.05) is 11.8 Å². The molecule has 0 aliphatic carbocycles. The number of imide groups is 1. The molecule has 3 amide bonds. The van der Waals surface area contributed by atoms with Gasteiger partial charge in [-0.2, -0.15) is 0 Å². The molecule has 1 aliphatic heterocycles. The summed E-state index contributed by atoms with van der Waals surface area (Å²) < 4.78 is 10.8. The number of anilines is 1. The van der Waals surface area contributed by atoms with Gasteiger partial charge in [-0.3, -0.25) is 39.5 Å². The van der Waals surface area contributed by atoms with Crippen molar-refractivity contribution >= 4 is 69.5 Å². The van der Waals surface area contributed by atoms with E-state index in [2.05, 4.69) is 5.32 Å². The molecule has 232 valence electrons. The van der Waals surface area contributed by atoms with Crippen molar-refractivity contribution in [1.29, 1.82) is 0 Å². The highest BCUT2D eigenvalue weighted by molar-refractivity contribution is 8.18. The average molecular weight is 655 g/mol. The number of rotatable bonds is 12. The SMILES string of the molecule is CCCCOC(=O)c1cc(NC(=O)CN2C(=O)S/C(=C/c3cccc(Oc4ccc([N+](=O)[O-])cc4[N+](=O)[O-])c3)C2=O)ccc1Cl. The molecule has 0 unspecified atom stereocenters. The first kappa shape index (κ1) is 32.6. The number of nitrogens with zero attached hydrogens (tertiary/aromatic N) is 3. The summed E-state index contributed by atoms with van der Waals surface area (Å²) in [6.07, 6.45) is 2.89. The number of thioether (sulfide) groups is 1. The van der Waals surface area contributed by atoms with Crippen LogP contribution >= 0.6 is 23.4 Å². The molecule has 1 aliphatic rings. The number of halogens is 1. The second-order valence-electron chi connectivity index (χ2n) is 9.34. The summed E-state index contributed by atoms with van der Waals surface area (Å²) in [4.78, 5) is 72.2. The van der Waals surface area contributed by atoms with E-state index in [-0.39, 0.29) is 39.3 Å². The first-order chi connectivity index (χ1) is 21.5. The number of nitro benzene ring substituents is 2. The van der Waals surface area contributed by atoms with E-state index >= 15 is 0 Å². The number of unbranched alkanes of at least 4 members (excludes halogenated alkanes) is 1. The van der Waals surface area contributed by atoms with Crippen molar-refractivity contribution in [3.63, 3.8) is 0 Å². The topological polar surface area (TPSA) is 188 Å². The van der Waals surface area contributed by atoms with Gasteiger partial charge in [-0.05, 0) is 66.2 Å². The van der Waals surface area contributed by atoms with Crippen molar-refractivity contribution in [3.05, 3.63) is 102 Å². The van der Waals surface area contributed by atoms with E-state index in [4.69, 9.17) is 21.1 Å². The Morgan fingerprint density at radius 2 is 1.82 bits per heavy atom. The number of ether oxygens (including phenoxy) is 2. The lowest BCUT2D eigenvalue weighted by Gasteiger charge is -2.13. The van der Waals surface area contributed by atoms with Crippen LogP contribution in [0.4, 0.5) is 21.9 Å². The summed E-state index contributed by atoms with van der Waals surface area (Å²) in [5, 5.41) is 24.4. The quantitative estimate of drug-likeness (QED) is 0.0730. The molecule has 0 radical (unpaired) electrons. The molecule has 0 spiro atoms. The van der Waals surface area contributed by atoms with E-state index < -0.39 is 50.8 Å². The number of benzene rings is 3. The number of carbonyl (C=O) groups excluding carboxylic acids is 4. The molecule has 1 N–H and O–H groups in total. The molecule has 16 heteroatoms. The van der Waals surface area contributed by atoms with Gasteiger partial charge in [-0.1, -0.05) is 37.1 Å². The highest BCUT2D eigenvalue weighted by atomic mass is 35.5. The lowest BCUT2D eigenvalue weighted by Crippen LogP contribution is -2.36. The van der Waals surface area contributed by atoms with E-state index in [0.29, 0.717) is 23.7 Å². The maximum Gasteiger partial charge on any atom is 0.339 e. The van der Waals surface area contributed by atoms with Crippen molar-refractivity contribution < 1.29 is 38.5 Å². The number of hydrogen-bond donors (Lipinski definition) is 1. The van der Waals surface area contributed by atoms with Crippen LogP contribution < -0.4 is 10.1 Å². The fraction of sp³-hybridized carbons (Fsp3) is 0.172. The summed E-state index contributed by atoms with van der Waals surface area (Å²) in [5.41, 5.74) is -0.441. The number of esters is 1. The Bertz CT molecular complexity index is 1750. The van der Waals surface area contributed by atoms with Gasteiger partial charge in [0.2, 0.25) is 11.7 Å². The van der Waals surface area contributed by atoms with E-state index in [1.54, 1.807) is 6.07 Å².